The second-order valence-electron chi connectivity index (χ2n) is 10.8. The summed E-state index contributed by atoms with van der Waals surface area (Å²) < 4.78 is 7.71. The lowest BCUT2D eigenvalue weighted by atomic mass is 10.0. The molecule has 0 bridgehead atoms. The number of pyridine rings is 1. The van der Waals surface area contributed by atoms with E-state index in [1.165, 1.54) is 21.2 Å². The summed E-state index contributed by atoms with van der Waals surface area (Å²) in [5.74, 6) is 0.0330. The van der Waals surface area contributed by atoms with E-state index in [0.29, 0.717) is 15.9 Å². The minimum Gasteiger partial charge on any atom is -0.388 e. The van der Waals surface area contributed by atoms with Gasteiger partial charge in [0.2, 0.25) is 5.91 Å². The number of H-pyrrole nitrogens is 2. The summed E-state index contributed by atoms with van der Waals surface area (Å²) in [6.45, 7) is 0. The van der Waals surface area contributed by atoms with Crippen molar-refractivity contribution in [3.8, 4) is 17.3 Å². The molecule has 1 saturated heterocycles. The molecule has 9 nitrogen and oxygen atoms in total. The van der Waals surface area contributed by atoms with Crippen LogP contribution in [0, 0.1) is 0 Å². The number of aromatic amines is 2. The first-order chi connectivity index (χ1) is 22.1. The highest BCUT2D eigenvalue weighted by Crippen LogP contribution is 2.48. The van der Waals surface area contributed by atoms with Crippen LogP contribution in [0.1, 0.15) is 10.9 Å². The van der Waals surface area contributed by atoms with Crippen molar-refractivity contribution in [2.45, 2.75) is 5.37 Å². The molecule has 1 atom stereocenters. The van der Waals surface area contributed by atoms with Crippen LogP contribution < -0.4 is 10.5 Å². The van der Waals surface area contributed by atoms with Crippen LogP contribution in [0.15, 0.2) is 106 Å². The van der Waals surface area contributed by atoms with Crippen LogP contribution in [0.25, 0.3) is 60.9 Å². The zero-order valence-corrected chi connectivity index (χ0v) is 24.9. The van der Waals surface area contributed by atoms with Crippen molar-refractivity contribution < 1.29 is 9.21 Å². The molecule has 11 heteroatoms. The van der Waals surface area contributed by atoms with Gasteiger partial charge in [0.15, 0.2) is 0 Å². The van der Waals surface area contributed by atoms with Gasteiger partial charge in [0, 0.05) is 43.2 Å². The Hall–Kier alpha value is -5.32. The first kappa shape index (κ1) is 26.1. The third-order valence-electron chi connectivity index (χ3n) is 8.31. The highest BCUT2D eigenvalue weighted by atomic mass is 35.5. The molecule has 9 rings (SSSR count). The van der Waals surface area contributed by atoms with E-state index in [9.17, 15) is 9.59 Å². The van der Waals surface area contributed by atoms with Crippen molar-refractivity contribution in [3.63, 3.8) is 0 Å². The quantitative estimate of drug-likeness (QED) is 0.208. The number of para-hydroxylation sites is 1. The molecule has 1 aliphatic heterocycles. The third-order valence-corrected chi connectivity index (χ3v) is 9.72. The van der Waals surface area contributed by atoms with E-state index in [0.717, 1.165) is 49.5 Å². The molecule has 0 spiro atoms. The van der Waals surface area contributed by atoms with Crippen molar-refractivity contribution in [1.82, 2.24) is 24.7 Å². The van der Waals surface area contributed by atoms with Gasteiger partial charge < -0.3 is 14.4 Å². The van der Waals surface area contributed by atoms with Gasteiger partial charge in [-0.15, -0.1) is 11.8 Å². The number of rotatable bonds is 4. The normalized spacial score (nSPS) is 15.4. The van der Waals surface area contributed by atoms with Gasteiger partial charge in [-0.3, -0.25) is 9.59 Å². The number of halogens is 1. The van der Waals surface area contributed by atoms with Crippen molar-refractivity contribution in [2.75, 3.05) is 10.7 Å². The smallest absolute Gasteiger partial charge is 0.331 e. The van der Waals surface area contributed by atoms with Gasteiger partial charge in [0.1, 0.15) is 5.37 Å². The van der Waals surface area contributed by atoms with Crippen LogP contribution in [0.4, 0.5) is 6.01 Å². The molecule has 0 radical (unpaired) electrons. The predicted molar refractivity (Wildman–Crippen MR) is 178 cm³/mol. The number of nitrogens with one attached hydrogen (secondary N) is 2. The maximum atomic E-state index is 14.0. The fraction of sp³-hybridized carbons (Fsp3) is 0.0588. The topological polar surface area (TPSA) is 113 Å². The molecule has 1 fully saturated rings. The number of carbonyl (C=O) groups excluding carboxylic acids is 1. The number of aromatic nitrogens is 5. The standard InChI is InChI=1S/C34H21ClN6O3S/c35-19-14-15-25-23(16-19)27(28(36-25)18-8-2-1-3-9-18)32-40(26(42)17-45-32)33-38-39-34(44-33)41-30-22-12-6-7-13-24(22)37-29(30)20-10-4-5-11-21(20)31(41)43/h1-16,32,36-37H,17H2. The van der Waals surface area contributed by atoms with Crippen molar-refractivity contribution >= 4 is 78.9 Å². The molecular weight excluding hydrogens is 608 g/mol. The van der Waals surface area contributed by atoms with Gasteiger partial charge >= 0.3 is 12.0 Å². The van der Waals surface area contributed by atoms with Crippen molar-refractivity contribution in [1.29, 1.82) is 0 Å². The average molecular weight is 629 g/mol. The number of nitrogens with zero attached hydrogens (tertiary/aromatic N) is 4. The number of anilines is 1. The van der Waals surface area contributed by atoms with Crippen LogP contribution in [0.3, 0.4) is 0 Å². The fourth-order valence-electron chi connectivity index (χ4n) is 6.36. The largest absolute Gasteiger partial charge is 0.388 e. The maximum absolute atomic E-state index is 14.0. The summed E-state index contributed by atoms with van der Waals surface area (Å²) >= 11 is 7.93. The lowest BCUT2D eigenvalue weighted by Gasteiger charge is -2.21. The molecule has 4 aromatic heterocycles. The second kappa shape index (κ2) is 9.85. The van der Waals surface area contributed by atoms with Crippen LogP contribution in [0.2, 0.25) is 5.02 Å². The molecule has 5 heterocycles. The third kappa shape index (κ3) is 3.89. The Morgan fingerprint density at radius 1 is 0.778 bits per heavy atom. The Balaban J connectivity index is 1.24. The van der Waals surface area contributed by atoms with Crippen molar-refractivity contribution in [2.24, 2.45) is 0 Å². The Kier molecular flexibility index (Phi) is 5.71. The van der Waals surface area contributed by atoms with Crippen LogP contribution in [-0.2, 0) is 4.79 Å². The zero-order valence-electron chi connectivity index (χ0n) is 23.3. The van der Waals surface area contributed by atoms with E-state index in [1.807, 2.05) is 91.0 Å². The number of fused-ring (bicyclic) bond motifs is 6. The highest BCUT2D eigenvalue weighted by Gasteiger charge is 2.40. The first-order valence-corrected chi connectivity index (χ1v) is 15.7. The number of carbonyl (C=O) groups is 1. The lowest BCUT2D eigenvalue weighted by molar-refractivity contribution is -0.116. The van der Waals surface area contributed by atoms with Crippen LogP contribution in [-0.4, -0.2) is 36.4 Å². The summed E-state index contributed by atoms with van der Waals surface area (Å²) in [6, 6.07) is 30.8. The maximum Gasteiger partial charge on any atom is 0.331 e. The van der Waals surface area contributed by atoms with E-state index in [2.05, 4.69) is 20.2 Å². The number of hydrogen-bond donors (Lipinski definition) is 2. The van der Waals surface area contributed by atoms with Crippen LogP contribution in [0.5, 0.6) is 0 Å². The molecule has 8 aromatic rings. The van der Waals surface area contributed by atoms with E-state index in [-0.39, 0.29) is 29.2 Å². The molecule has 1 aliphatic rings. The minimum absolute atomic E-state index is 0.00781. The molecule has 45 heavy (non-hydrogen) atoms. The molecule has 2 N–H and O–H groups in total. The predicted octanol–water partition coefficient (Wildman–Crippen LogP) is 7.59. The molecule has 0 aliphatic carbocycles. The summed E-state index contributed by atoms with van der Waals surface area (Å²) in [5, 5.41) is 11.8. The number of hydrogen-bond acceptors (Lipinski definition) is 6. The monoisotopic (exact) mass is 628 g/mol. The summed E-state index contributed by atoms with van der Waals surface area (Å²) in [6.07, 6.45) is 0. The van der Waals surface area contributed by atoms with Crippen molar-refractivity contribution in [3.05, 3.63) is 118 Å². The van der Waals surface area contributed by atoms with Crippen LogP contribution >= 0.6 is 23.4 Å². The molecule has 4 aromatic carbocycles. The second-order valence-corrected chi connectivity index (χ2v) is 12.3. The van der Waals surface area contributed by atoms with Gasteiger partial charge in [-0.2, -0.15) is 0 Å². The van der Waals surface area contributed by atoms with Gasteiger partial charge in [-0.05, 0) is 35.9 Å². The summed E-state index contributed by atoms with van der Waals surface area (Å²) in [7, 11) is 0. The molecule has 1 amide bonds. The minimum atomic E-state index is -0.491. The lowest BCUT2D eigenvalue weighted by Crippen LogP contribution is -2.28. The van der Waals surface area contributed by atoms with Gasteiger partial charge in [0.05, 0.1) is 22.5 Å². The van der Waals surface area contributed by atoms with Gasteiger partial charge in [-0.25, -0.2) is 9.47 Å². The Bertz CT molecular complexity index is 2530. The molecular formula is C34H21ClN6O3S. The number of amides is 1. The zero-order chi connectivity index (χ0) is 30.2. The van der Waals surface area contributed by atoms with E-state index < -0.39 is 5.37 Å². The first-order valence-electron chi connectivity index (χ1n) is 14.2. The average Bonchev–Trinajstić information content (AvgIpc) is 3.86. The van der Waals surface area contributed by atoms with E-state index in [4.69, 9.17) is 16.0 Å². The summed E-state index contributed by atoms with van der Waals surface area (Å²) in [4.78, 5) is 36.1. The Morgan fingerprint density at radius 2 is 1.49 bits per heavy atom. The molecule has 1 unspecified atom stereocenters. The number of benzene rings is 4. The molecule has 218 valence electrons. The van der Waals surface area contributed by atoms with Gasteiger partial charge in [0.25, 0.3) is 5.56 Å². The van der Waals surface area contributed by atoms with E-state index in [1.54, 1.807) is 6.07 Å². The SMILES string of the molecule is O=C1CSC(c2c(-c3ccccc3)[nH]c3ccc(Cl)cc23)N1c1nnc(-n2c(=O)c3ccccc3c3[nH]c4ccccc4c32)o1. The summed E-state index contributed by atoms with van der Waals surface area (Å²) in [5.41, 5.74) is 5.59. The van der Waals surface area contributed by atoms with E-state index >= 15 is 0 Å². The highest BCUT2D eigenvalue weighted by molar-refractivity contribution is 8.00. The number of thioether (sulfide) groups is 1. The van der Waals surface area contributed by atoms with Gasteiger partial charge in [-0.1, -0.05) is 88.5 Å². The Labute approximate surface area is 263 Å². The molecule has 0 saturated carbocycles. The fourth-order valence-corrected chi connectivity index (χ4v) is 7.74. The Morgan fingerprint density at radius 3 is 2.33 bits per heavy atom.